The second-order valence-corrected chi connectivity index (χ2v) is 8.89. The van der Waals surface area contributed by atoms with Gasteiger partial charge in [0.2, 0.25) is 11.8 Å². The highest BCUT2D eigenvalue weighted by atomic mass is 79.9. The molecule has 0 bridgehead atoms. The largest absolute Gasteiger partial charge is 0.352 e. The third-order valence-electron chi connectivity index (χ3n) is 5.65. The maximum absolute atomic E-state index is 13.2. The number of nitrogens with zero attached hydrogens (tertiary/aromatic N) is 1. The SMILES string of the molecule is CC(C(=O)NC1CCCCC1)N(Cc1ccc(Br)cc1)C(=O)Cc1ccc(F)cc1. The highest BCUT2D eigenvalue weighted by Crippen LogP contribution is 2.19. The lowest BCUT2D eigenvalue weighted by Gasteiger charge is -2.31. The predicted octanol–water partition coefficient (Wildman–Crippen LogP) is 5.00. The number of hydrogen-bond donors (Lipinski definition) is 1. The summed E-state index contributed by atoms with van der Waals surface area (Å²) in [5.74, 6) is -0.611. The Morgan fingerprint density at radius 3 is 2.27 bits per heavy atom. The van der Waals surface area contributed by atoms with E-state index in [1.165, 1.54) is 18.6 Å². The van der Waals surface area contributed by atoms with E-state index in [9.17, 15) is 14.0 Å². The summed E-state index contributed by atoms with van der Waals surface area (Å²) >= 11 is 3.42. The molecule has 0 aliphatic heterocycles. The van der Waals surface area contributed by atoms with Crippen molar-refractivity contribution >= 4 is 27.7 Å². The van der Waals surface area contributed by atoms with Gasteiger partial charge in [0.05, 0.1) is 6.42 Å². The molecular weight excluding hydrogens is 447 g/mol. The van der Waals surface area contributed by atoms with E-state index in [1.807, 2.05) is 24.3 Å². The van der Waals surface area contributed by atoms with E-state index in [2.05, 4.69) is 21.2 Å². The minimum atomic E-state index is -0.594. The van der Waals surface area contributed by atoms with Gasteiger partial charge in [-0.25, -0.2) is 4.39 Å². The zero-order chi connectivity index (χ0) is 21.5. The number of nitrogens with one attached hydrogen (secondary N) is 1. The van der Waals surface area contributed by atoms with Gasteiger partial charge in [-0.05, 0) is 55.2 Å². The van der Waals surface area contributed by atoms with Gasteiger partial charge in [0.1, 0.15) is 11.9 Å². The fourth-order valence-electron chi connectivity index (χ4n) is 3.82. The number of halogens is 2. The predicted molar refractivity (Wildman–Crippen MR) is 119 cm³/mol. The van der Waals surface area contributed by atoms with E-state index in [1.54, 1.807) is 24.0 Å². The minimum Gasteiger partial charge on any atom is -0.352 e. The van der Waals surface area contributed by atoms with Gasteiger partial charge in [0, 0.05) is 17.1 Å². The molecule has 30 heavy (non-hydrogen) atoms. The van der Waals surface area contributed by atoms with Gasteiger partial charge in [-0.3, -0.25) is 9.59 Å². The Balaban J connectivity index is 1.74. The zero-order valence-corrected chi connectivity index (χ0v) is 18.8. The third kappa shape index (κ3) is 6.39. The molecule has 1 atom stereocenters. The molecule has 3 rings (SSSR count). The first-order valence-electron chi connectivity index (χ1n) is 10.5. The van der Waals surface area contributed by atoms with Crippen LogP contribution in [0.15, 0.2) is 53.0 Å². The third-order valence-corrected chi connectivity index (χ3v) is 6.18. The number of amides is 2. The lowest BCUT2D eigenvalue weighted by atomic mass is 9.95. The van der Waals surface area contributed by atoms with E-state index in [4.69, 9.17) is 0 Å². The van der Waals surface area contributed by atoms with Crippen LogP contribution in [0.2, 0.25) is 0 Å². The molecule has 2 amide bonds. The van der Waals surface area contributed by atoms with Crippen LogP contribution >= 0.6 is 15.9 Å². The first-order valence-corrected chi connectivity index (χ1v) is 11.3. The second-order valence-electron chi connectivity index (χ2n) is 7.97. The molecule has 0 saturated heterocycles. The van der Waals surface area contributed by atoms with Crippen LogP contribution in [0.4, 0.5) is 4.39 Å². The molecule has 2 aromatic rings. The average Bonchev–Trinajstić information content (AvgIpc) is 2.75. The first kappa shape index (κ1) is 22.5. The van der Waals surface area contributed by atoms with Crippen LogP contribution in [0, 0.1) is 5.82 Å². The van der Waals surface area contributed by atoms with Crippen molar-refractivity contribution in [1.82, 2.24) is 10.2 Å². The first-order chi connectivity index (χ1) is 14.4. The number of carbonyl (C=O) groups is 2. The molecule has 2 aromatic carbocycles. The Bertz CT molecular complexity index is 849. The van der Waals surface area contributed by atoms with Gasteiger partial charge in [-0.1, -0.05) is 59.5 Å². The normalized spacial score (nSPS) is 15.4. The van der Waals surface area contributed by atoms with E-state index in [0.29, 0.717) is 6.54 Å². The molecule has 0 radical (unpaired) electrons. The van der Waals surface area contributed by atoms with Crippen molar-refractivity contribution in [2.75, 3.05) is 0 Å². The molecule has 1 saturated carbocycles. The Kier molecular flexibility index (Phi) is 8.02. The fourth-order valence-corrected chi connectivity index (χ4v) is 4.08. The van der Waals surface area contributed by atoms with Crippen LogP contribution in [0.3, 0.4) is 0 Å². The maximum Gasteiger partial charge on any atom is 0.242 e. The van der Waals surface area contributed by atoms with Crippen molar-refractivity contribution in [3.05, 3.63) is 69.9 Å². The molecule has 6 heteroatoms. The van der Waals surface area contributed by atoms with E-state index in [-0.39, 0.29) is 30.1 Å². The Labute approximate surface area is 186 Å². The van der Waals surface area contributed by atoms with E-state index < -0.39 is 6.04 Å². The van der Waals surface area contributed by atoms with Gasteiger partial charge >= 0.3 is 0 Å². The number of rotatable bonds is 7. The summed E-state index contributed by atoms with van der Waals surface area (Å²) in [4.78, 5) is 27.7. The molecule has 4 nitrogen and oxygen atoms in total. The van der Waals surface area contributed by atoms with Gasteiger partial charge < -0.3 is 10.2 Å². The highest BCUT2D eigenvalue weighted by Gasteiger charge is 2.28. The van der Waals surface area contributed by atoms with Crippen LogP contribution in [0.5, 0.6) is 0 Å². The van der Waals surface area contributed by atoms with Crippen molar-refractivity contribution in [1.29, 1.82) is 0 Å². The molecule has 1 fully saturated rings. The summed E-state index contributed by atoms with van der Waals surface area (Å²) in [5.41, 5.74) is 1.67. The molecular formula is C24H28BrFN2O2. The lowest BCUT2D eigenvalue weighted by molar-refractivity contribution is -0.140. The molecule has 1 aliphatic rings. The smallest absolute Gasteiger partial charge is 0.242 e. The minimum absolute atomic E-state index is 0.119. The summed E-state index contributed by atoms with van der Waals surface area (Å²) in [6, 6.07) is 13.2. The van der Waals surface area contributed by atoms with Crippen molar-refractivity contribution in [3.63, 3.8) is 0 Å². The maximum atomic E-state index is 13.2. The van der Waals surface area contributed by atoms with Crippen molar-refractivity contribution < 1.29 is 14.0 Å². The average molecular weight is 475 g/mol. The van der Waals surface area contributed by atoms with Gasteiger partial charge in [0.15, 0.2) is 0 Å². The molecule has 160 valence electrons. The number of hydrogen-bond acceptors (Lipinski definition) is 2. The summed E-state index contributed by atoms with van der Waals surface area (Å²) in [6.45, 7) is 2.12. The molecule has 1 aliphatic carbocycles. The molecule has 0 spiro atoms. The molecule has 0 heterocycles. The highest BCUT2D eigenvalue weighted by molar-refractivity contribution is 9.10. The monoisotopic (exact) mass is 474 g/mol. The molecule has 0 aromatic heterocycles. The van der Waals surface area contributed by atoms with Gasteiger partial charge in [-0.15, -0.1) is 0 Å². The van der Waals surface area contributed by atoms with Gasteiger partial charge in [-0.2, -0.15) is 0 Å². The van der Waals surface area contributed by atoms with Crippen LogP contribution in [0.25, 0.3) is 0 Å². The van der Waals surface area contributed by atoms with Crippen LogP contribution in [-0.4, -0.2) is 28.8 Å². The topological polar surface area (TPSA) is 49.4 Å². The zero-order valence-electron chi connectivity index (χ0n) is 17.2. The Hall–Kier alpha value is -2.21. The molecule has 1 unspecified atom stereocenters. The second kappa shape index (κ2) is 10.7. The van der Waals surface area contributed by atoms with Crippen molar-refractivity contribution in [3.8, 4) is 0 Å². The summed E-state index contributed by atoms with van der Waals surface area (Å²) in [7, 11) is 0. The fraction of sp³-hybridized carbons (Fsp3) is 0.417. The Morgan fingerprint density at radius 2 is 1.63 bits per heavy atom. The van der Waals surface area contributed by atoms with E-state index in [0.717, 1.165) is 41.3 Å². The molecule has 1 N–H and O–H groups in total. The number of carbonyl (C=O) groups excluding carboxylic acids is 2. The van der Waals surface area contributed by atoms with Gasteiger partial charge in [0.25, 0.3) is 0 Å². The summed E-state index contributed by atoms with van der Waals surface area (Å²) in [6.07, 6.45) is 5.59. The van der Waals surface area contributed by atoms with Crippen molar-refractivity contribution in [2.24, 2.45) is 0 Å². The lowest BCUT2D eigenvalue weighted by Crippen LogP contribution is -2.50. The Morgan fingerprint density at radius 1 is 1.03 bits per heavy atom. The quantitative estimate of drug-likeness (QED) is 0.613. The van der Waals surface area contributed by atoms with Crippen LogP contribution in [-0.2, 0) is 22.6 Å². The summed E-state index contributed by atoms with van der Waals surface area (Å²) < 4.78 is 14.2. The van der Waals surface area contributed by atoms with E-state index >= 15 is 0 Å². The summed E-state index contributed by atoms with van der Waals surface area (Å²) in [5, 5.41) is 3.13. The van der Waals surface area contributed by atoms with Crippen molar-refractivity contribution in [2.45, 2.75) is 64.1 Å². The standard InChI is InChI=1S/C24H28BrFN2O2/c1-17(24(30)27-22-5-3-2-4-6-22)28(16-19-7-11-20(25)12-8-19)23(29)15-18-9-13-21(26)14-10-18/h7-14,17,22H,2-6,15-16H2,1H3,(H,27,30). The van der Waals surface area contributed by atoms with Crippen LogP contribution < -0.4 is 5.32 Å². The number of benzene rings is 2. The van der Waals surface area contributed by atoms with Crippen LogP contribution in [0.1, 0.15) is 50.2 Å².